The third-order valence-electron chi connectivity index (χ3n) is 2.49. The number of hydrogen-bond donors (Lipinski definition) is 1. The van der Waals surface area contributed by atoms with Crippen LogP contribution in [0.2, 0.25) is 0 Å². The van der Waals surface area contributed by atoms with Gasteiger partial charge in [-0.15, -0.1) is 0 Å². The van der Waals surface area contributed by atoms with Gasteiger partial charge in [-0.1, -0.05) is 18.2 Å². The summed E-state index contributed by atoms with van der Waals surface area (Å²) in [7, 11) is 1.66. The molecule has 2 rings (SSSR count). The van der Waals surface area contributed by atoms with E-state index >= 15 is 0 Å². The fraction of sp³-hybridized carbons (Fsp3) is 0.333. The molecule has 0 aliphatic rings. The van der Waals surface area contributed by atoms with Gasteiger partial charge in [-0.05, 0) is 13.0 Å². The van der Waals surface area contributed by atoms with Gasteiger partial charge in [0.15, 0.2) is 5.82 Å². The Kier molecular flexibility index (Phi) is 3.39. The second-order valence-electron chi connectivity index (χ2n) is 3.90. The number of rotatable bonds is 4. The molecule has 5 nitrogen and oxygen atoms in total. The van der Waals surface area contributed by atoms with Crippen molar-refractivity contribution >= 4 is 0 Å². The fourth-order valence-electron chi connectivity index (χ4n) is 1.60. The number of methoxy groups -OCH3 is 1. The Balaban J connectivity index is 2.19. The highest BCUT2D eigenvalue weighted by Gasteiger charge is 2.07. The van der Waals surface area contributed by atoms with Crippen molar-refractivity contribution in [2.45, 2.75) is 19.5 Å². The molecule has 0 aliphatic heterocycles. The van der Waals surface area contributed by atoms with Crippen LogP contribution in [0, 0.1) is 0 Å². The summed E-state index contributed by atoms with van der Waals surface area (Å²) in [6, 6.07) is 7.71. The van der Waals surface area contributed by atoms with Crippen LogP contribution in [0.1, 0.15) is 24.4 Å². The molecule has 0 aliphatic carbocycles. The Labute approximate surface area is 100 Å². The maximum atomic E-state index is 5.71. The lowest BCUT2D eigenvalue weighted by Crippen LogP contribution is -2.09. The largest absolute Gasteiger partial charge is 0.496 e. The van der Waals surface area contributed by atoms with Crippen LogP contribution < -0.4 is 10.5 Å². The minimum atomic E-state index is -0.145. The van der Waals surface area contributed by atoms with E-state index in [0.717, 1.165) is 11.3 Å². The summed E-state index contributed by atoms with van der Waals surface area (Å²) in [6.07, 6.45) is 1.69. The molecule has 1 atom stereocenters. The standard InChI is InChI=1S/C12H16N4O/c1-9(13)12-14-8-16(15-12)7-10-5-3-4-6-11(10)17-2/h3-6,8-9H,7,13H2,1-2H3. The van der Waals surface area contributed by atoms with E-state index in [-0.39, 0.29) is 6.04 Å². The average molecular weight is 232 g/mol. The minimum absolute atomic E-state index is 0.145. The first-order valence-electron chi connectivity index (χ1n) is 5.47. The van der Waals surface area contributed by atoms with Gasteiger partial charge in [0.1, 0.15) is 12.1 Å². The zero-order chi connectivity index (χ0) is 12.3. The number of nitrogens with zero attached hydrogens (tertiary/aromatic N) is 3. The number of nitrogens with two attached hydrogens (primary N) is 1. The van der Waals surface area contributed by atoms with Crippen LogP contribution in [0.3, 0.4) is 0 Å². The zero-order valence-corrected chi connectivity index (χ0v) is 10.00. The lowest BCUT2D eigenvalue weighted by Gasteiger charge is -2.07. The molecule has 0 saturated heterocycles. The van der Waals surface area contributed by atoms with Gasteiger partial charge in [-0.2, -0.15) is 5.10 Å². The molecule has 5 heteroatoms. The van der Waals surface area contributed by atoms with Crippen molar-refractivity contribution in [2.75, 3.05) is 7.11 Å². The first-order valence-corrected chi connectivity index (χ1v) is 5.47. The van der Waals surface area contributed by atoms with Crippen LogP contribution in [0.25, 0.3) is 0 Å². The summed E-state index contributed by atoms with van der Waals surface area (Å²) in [5, 5.41) is 4.31. The highest BCUT2D eigenvalue weighted by atomic mass is 16.5. The Hall–Kier alpha value is -1.88. The first kappa shape index (κ1) is 11.6. The number of para-hydroxylation sites is 1. The van der Waals surface area contributed by atoms with Gasteiger partial charge < -0.3 is 10.5 Å². The van der Waals surface area contributed by atoms with Crippen LogP contribution in [0.5, 0.6) is 5.75 Å². The fourth-order valence-corrected chi connectivity index (χ4v) is 1.60. The second-order valence-corrected chi connectivity index (χ2v) is 3.90. The van der Waals surface area contributed by atoms with E-state index in [1.165, 1.54) is 0 Å². The van der Waals surface area contributed by atoms with Crippen LogP contribution in [0.4, 0.5) is 0 Å². The lowest BCUT2D eigenvalue weighted by molar-refractivity contribution is 0.407. The average Bonchev–Trinajstić information content (AvgIpc) is 2.78. The molecule has 1 heterocycles. The summed E-state index contributed by atoms with van der Waals surface area (Å²) < 4.78 is 7.05. The Morgan fingerprint density at radius 2 is 2.18 bits per heavy atom. The van der Waals surface area contributed by atoms with Crippen molar-refractivity contribution in [3.8, 4) is 5.75 Å². The maximum absolute atomic E-state index is 5.71. The quantitative estimate of drug-likeness (QED) is 0.864. The molecular formula is C12H16N4O. The summed E-state index contributed by atoms with van der Waals surface area (Å²) in [5.41, 5.74) is 6.78. The lowest BCUT2D eigenvalue weighted by atomic mass is 10.2. The van der Waals surface area contributed by atoms with Crippen LogP contribution in [-0.4, -0.2) is 21.9 Å². The predicted octanol–water partition coefficient (Wildman–Crippen LogP) is 1.35. The minimum Gasteiger partial charge on any atom is -0.496 e. The van der Waals surface area contributed by atoms with Crippen molar-refractivity contribution in [2.24, 2.45) is 5.73 Å². The molecule has 0 fully saturated rings. The number of hydrogen-bond acceptors (Lipinski definition) is 4. The van der Waals surface area contributed by atoms with Gasteiger partial charge in [-0.3, -0.25) is 0 Å². The van der Waals surface area contributed by atoms with Crippen molar-refractivity contribution in [3.05, 3.63) is 42.0 Å². The molecule has 0 spiro atoms. The van der Waals surface area contributed by atoms with E-state index in [0.29, 0.717) is 12.4 Å². The number of benzene rings is 1. The molecule has 2 aromatic rings. The zero-order valence-electron chi connectivity index (χ0n) is 10.00. The predicted molar refractivity (Wildman–Crippen MR) is 64.7 cm³/mol. The normalized spacial score (nSPS) is 12.4. The number of ether oxygens (including phenoxy) is 1. The van der Waals surface area contributed by atoms with E-state index in [9.17, 15) is 0 Å². The Bertz CT molecular complexity index is 493. The molecule has 0 radical (unpaired) electrons. The van der Waals surface area contributed by atoms with Gasteiger partial charge in [-0.25, -0.2) is 9.67 Å². The van der Waals surface area contributed by atoms with Crippen molar-refractivity contribution < 1.29 is 4.74 Å². The van der Waals surface area contributed by atoms with E-state index in [1.807, 2.05) is 31.2 Å². The summed E-state index contributed by atoms with van der Waals surface area (Å²) >= 11 is 0. The van der Waals surface area contributed by atoms with Gasteiger partial charge in [0, 0.05) is 5.56 Å². The molecule has 0 bridgehead atoms. The van der Waals surface area contributed by atoms with Gasteiger partial charge in [0.05, 0.1) is 19.7 Å². The molecule has 0 amide bonds. The summed E-state index contributed by atoms with van der Waals surface area (Å²) in [4.78, 5) is 4.15. The smallest absolute Gasteiger partial charge is 0.166 e. The van der Waals surface area contributed by atoms with E-state index in [1.54, 1.807) is 18.1 Å². The molecule has 0 saturated carbocycles. The molecule has 2 N–H and O–H groups in total. The molecule has 1 aromatic carbocycles. The van der Waals surface area contributed by atoms with E-state index in [4.69, 9.17) is 10.5 Å². The third-order valence-corrected chi connectivity index (χ3v) is 2.49. The highest BCUT2D eigenvalue weighted by molar-refractivity contribution is 5.33. The van der Waals surface area contributed by atoms with Crippen LogP contribution >= 0.6 is 0 Å². The SMILES string of the molecule is COc1ccccc1Cn1cnc(C(C)N)n1. The molecular weight excluding hydrogens is 216 g/mol. The molecule has 1 unspecified atom stereocenters. The summed E-state index contributed by atoms with van der Waals surface area (Å²) in [5.74, 6) is 1.50. The maximum Gasteiger partial charge on any atom is 0.166 e. The van der Waals surface area contributed by atoms with Crippen LogP contribution in [0.15, 0.2) is 30.6 Å². The summed E-state index contributed by atoms with van der Waals surface area (Å²) in [6.45, 7) is 2.49. The monoisotopic (exact) mass is 232 g/mol. The molecule has 1 aromatic heterocycles. The Morgan fingerprint density at radius 1 is 1.41 bits per heavy atom. The molecule has 17 heavy (non-hydrogen) atoms. The second kappa shape index (κ2) is 4.97. The molecule has 90 valence electrons. The third kappa shape index (κ3) is 2.62. The van der Waals surface area contributed by atoms with Gasteiger partial charge in [0.2, 0.25) is 0 Å². The Morgan fingerprint density at radius 3 is 2.82 bits per heavy atom. The van der Waals surface area contributed by atoms with Gasteiger partial charge >= 0.3 is 0 Å². The van der Waals surface area contributed by atoms with E-state index < -0.39 is 0 Å². The highest BCUT2D eigenvalue weighted by Crippen LogP contribution is 2.18. The van der Waals surface area contributed by atoms with Gasteiger partial charge in [0.25, 0.3) is 0 Å². The first-order chi connectivity index (χ1) is 8.20. The topological polar surface area (TPSA) is 66.0 Å². The van der Waals surface area contributed by atoms with Crippen molar-refractivity contribution in [1.82, 2.24) is 14.8 Å². The van der Waals surface area contributed by atoms with Crippen molar-refractivity contribution in [3.63, 3.8) is 0 Å². The number of aromatic nitrogens is 3. The van der Waals surface area contributed by atoms with Crippen LogP contribution in [-0.2, 0) is 6.54 Å². The van der Waals surface area contributed by atoms with Crippen molar-refractivity contribution in [1.29, 1.82) is 0 Å². The van der Waals surface area contributed by atoms with E-state index in [2.05, 4.69) is 10.1 Å².